The number of hydrogen-bond donors (Lipinski definition) is 0. The SMILES string of the molecule is CC(C)n1nc(C(=O)N(C)C2CN(c3ccc4nnc(C5CC5)n4n3)C2)ccc1=O. The number of carbonyl (C=O) groups excluding carboxylic acids is 1. The van der Waals surface area contributed by atoms with E-state index in [1.54, 1.807) is 11.9 Å². The largest absolute Gasteiger partial charge is 0.351 e. The second-order valence-electron chi connectivity index (χ2n) is 8.36. The number of rotatable bonds is 5. The van der Waals surface area contributed by atoms with Gasteiger partial charge < -0.3 is 9.80 Å². The molecule has 0 bridgehead atoms. The summed E-state index contributed by atoms with van der Waals surface area (Å²) in [6.07, 6.45) is 2.28. The van der Waals surface area contributed by atoms with E-state index < -0.39 is 0 Å². The molecule has 1 saturated carbocycles. The molecule has 0 aromatic carbocycles. The molecule has 5 rings (SSSR count). The first-order valence-corrected chi connectivity index (χ1v) is 10.3. The van der Waals surface area contributed by atoms with Crippen molar-refractivity contribution in [2.75, 3.05) is 25.0 Å². The van der Waals surface area contributed by atoms with Crippen LogP contribution in [0.5, 0.6) is 0 Å². The van der Waals surface area contributed by atoms with Crippen molar-refractivity contribution in [2.24, 2.45) is 0 Å². The summed E-state index contributed by atoms with van der Waals surface area (Å²) in [7, 11) is 1.78. The van der Waals surface area contributed by atoms with E-state index in [1.807, 2.05) is 30.5 Å². The number of anilines is 1. The lowest BCUT2D eigenvalue weighted by atomic mass is 10.1. The summed E-state index contributed by atoms with van der Waals surface area (Å²) in [5.41, 5.74) is 0.832. The van der Waals surface area contributed by atoms with Crippen LogP contribution < -0.4 is 10.5 Å². The highest BCUT2D eigenvalue weighted by Gasteiger charge is 2.35. The molecule has 2 aliphatic rings. The van der Waals surface area contributed by atoms with Gasteiger partial charge in [0.15, 0.2) is 11.5 Å². The molecule has 10 nitrogen and oxygen atoms in total. The van der Waals surface area contributed by atoms with Crippen molar-refractivity contribution < 1.29 is 4.79 Å². The van der Waals surface area contributed by atoms with Crippen molar-refractivity contribution in [3.05, 3.63) is 46.1 Å². The minimum atomic E-state index is -0.208. The first-order chi connectivity index (χ1) is 14.4. The molecule has 3 aromatic rings. The molecular formula is C20H24N8O2. The Morgan fingerprint density at radius 3 is 2.57 bits per heavy atom. The monoisotopic (exact) mass is 408 g/mol. The van der Waals surface area contributed by atoms with E-state index in [1.165, 1.54) is 16.8 Å². The summed E-state index contributed by atoms with van der Waals surface area (Å²) in [4.78, 5) is 28.6. The fourth-order valence-electron chi connectivity index (χ4n) is 3.70. The number of aromatic nitrogens is 6. The van der Waals surface area contributed by atoms with E-state index in [4.69, 9.17) is 5.10 Å². The van der Waals surface area contributed by atoms with Gasteiger partial charge in [-0.2, -0.15) is 9.61 Å². The Morgan fingerprint density at radius 2 is 1.87 bits per heavy atom. The average molecular weight is 408 g/mol. The van der Waals surface area contributed by atoms with Gasteiger partial charge in [0, 0.05) is 32.1 Å². The lowest BCUT2D eigenvalue weighted by Gasteiger charge is -2.44. The van der Waals surface area contributed by atoms with Crippen molar-refractivity contribution >= 4 is 17.4 Å². The zero-order valence-electron chi connectivity index (χ0n) is 17.3. The predicted molar refractivity (Wildman–Crippen MR) is 110 cm³/mol. The zero-order valence-corrected chi connectivity index (χ0v) is 17.3. The molecule has 1 aliphatic heterocycles. The van der Waals surface area contributed by atoms with Crippen LogP contribution in [0.3, 0.4) is 0 Å². The molecule has 1 aliphatic carbocycles. The van der Waals surface area contributed by atoms with E-state index in [2.05, 4.69) is 20.2 Å². The lowest BCUT2D eigenvalue weighted by Crippen LogP contribution is -2.60. The predicted octanol–water partition coefficient (Wildman–Crippen LogP) is 1.10. The van der Waals surface area contributed by atoms with Crippen molar-refractivity contribution in [1.29, 1.82) is 0 Å². The molecule has 0 N–H and O–H groups in total. The lowest BCUT2D eigenvalue weighted by molar-refractivity contribution is 0.0695. The Hall–Kier alpha value is -3.30. The van der Waals surface area contributed by atoms with Crippen LogP contribution in [0, 0.1) is 0 Å². The number of hydrogen-bond acceptors (Lipinski definition) is 7. The van der Waals surface area contributed by atoms with Crippen LogP contribution in [0.15, 0.2) is 29.1 Å². The summed E-state index contributed by atoms with van der Waals surface area (Å²) in [6, 6.07) is 6.73. The van der Waals surface area contributed by atoms with Gasteiger partial charge in [0.25, 0.3) is 11.5 Å². The van der Waals surface area contributed by atoms with Gasteiger partial charge in [-0.3, -0.25) is 9.59 Å². The maximum Gasteiger partial charge on any atom is 0.274 e. The highest BCUT2D eigenvalue weighted by atomic mass is 16.2. The van der Waals surface area contributed by atoms with Gasteiger partial charge in [-0.15, -0.1) is 15.3 Å². The quantitative estimate of drug-likeness (QED) is 0.623. The Bertz CT molecular complexity index is 1170. The second-order valence-corrected chi connectivity index (χ2v) is 8.36. The third-order valence-corrected chi connectivity index (χ3v) is 5.80. The Morgan fingerprint density at radius 1 is 1.10 bits per heavy atom. The molecule has 0 unspecified atom stereocenters. The van der Waals surface area contributed by atoms with Gasteiger partial charge in [0.2, 0.25) is 0 Å². The van der Waals surface area contributed by atoms with Gasteiger partial charge >= 0.3 is 0 Å². The number of carbonyl (C=O) groups is 1. The molecule has 10 heteroatoms. The van der Waals surface area contributed by atoms with Gasteiger partial charge in [0.05, 0.1) is 12.1 Å². The van der Waals surface area contributed by atoms with E-state index in [9.17, 15) is 9.59 Å². The molecular weight excluding hydrogens is 384 g/mol. The van der Waals surface area contributed by atoms with Crippen molar-refractivity contribution in [3.63, 3.8) is 0 Å². The van der Waals surface area contributed by atoms with Crippen molar-refractivity contribution in [3.8, 4) is 0 Å². The molecule has 3 aromatic heterocycles. The van der Waals surface area contributed by atoms with E-state index in [-0.39, 0.29) is 29.2 Å². The number of amides is 1. The van der Waals surface area contributed by atoms with Crippen LogP contribution in [0.25, 0.3) is 5.65 Å². The molecule has 1 saturated heterocycles. The van der Waals surface area contributed by atoms with Gasteiger partial charge in [-0.05, 0) is 44.9 Å². The number of fused-ring (bicyclic) bond motifs is 1. The van der Waals surface area contributed by atoms with E-state index >= 15 is 0 Å². The fourth-order valence-corrected chi connectivity index (χ4v) is 3.70. The van der Waals surface area contributed by atoms with Crippen LogP contribution in [0.1, 0.15) is 55.0 Å². The normalized spacial score (nSPS) is 16.9. The van der Waals surface area contributed by atoms with Gasteiger partial charge in [0.1, 0.15) is 11.5 Å². The number of likely N-dealkylation sites (N-methyl/N-ethyl adjacent to an activating group) is 1. The van der Waals surface area contributed by atoms with E-state index in [0.29, 0.717) is 19.0 Å². The smallest absolute Gasteiger partial charge is 0.274 e. The van der Waals surface area contributed by atoms with Gasteiger partial charge in [-0.25, -0.2) is 4.68 Å². The third kappa shape index (κ3) is 3.12. The van der Waals surface area contributed by atoms with Crippen LogP contribution in [-0.2, 0) is 0 Å². The summed E-state index contributed by atoms with van der Waals surface area (Å²) in [6.45, 7) is 5.10. The highest BCUT2D eigenvalue weighted by Crippen LogP contribution is 2.38. The molecule has 30 heavy (non-hydrogen) atoms. The molecule has 156 valence electrons. The summed E-state index contributed by atoms with van der Waals surface area (Å²) in [5.74, 6) is 2.07. The van der Waals surface area contributed by atoms with Crippen molar-refractivity contribution in [2.45, 2.75) is 44.7 Å². The third-order valence-electron chi connectivity index (χ3n) is 5.80. The standard InChI is InChI=1S/C20H24N8O2/c1-12(2)27-18(29)9-6-15(23-27)20(30)25(3)14-10-26(11-14)17-8-7-16-21-22-19(13-4-5-13)28(16)24-17/h6-9,12-14H,4-5,10-11H2,1-3H3. The zero-order chi connectivity index (χ0) is 21.0. The first-order valence-electron chi connectivity index (χ1n) is 10.3. The highest BCUT2D eigenvalue weighted by molar-refractivity contribution is 5.92. The second kappa shape index (κ2) is 6.89. The minimum absolute atomic E-state index is 0.0556. The maximum absolute atomic E-state index is 12.9. The van der Waals surface area contributed by atoms with E-state index in [0.717, 1.165) is 30.1 Å². The fraction of sp³-hybridized carbons (Fsp3) is 0.500. The Kier molecular flexibility index (Phi) is 4.30. The molecule has 4 heterocycles. The Labute approximate surface area is 173 Å². The van der Waals surface area contributed by atoms with Crippen LogP contribution in [0.4, 0.5) is 5.82 Å². The van der Waals surface area contributed by atoms with Crippen molar-refractivity contribution in [1.82, 2.24) is 34.5 Å². The summed E-state index contributed by atoms with van der Waals surface area (Å²) >= 11 is 0. The van der Waals surface area contributed by atoms with Gasteiger partial charge in [-0.1, -0.05) is 0 Å². The molecule has 1 amide bonds. The molecule has 0 spiro atoms. The maximum atomic E-state index is 12.9. The molecule has 0 radical (unpaired) electrons. The topological polar surface area (TPSA) is 102 Å². The first kappa shape index (κ1) is 18.7. The van der Waals surface area contributed by atoms with Crippen LogP contribution in [0.2, 0.25) is 0 Å². The summed E-state index contributed by atoms with van der Waals surface area (Å²) in [5, 5.41) is 17.4. The minimum Gasteiger partial charge on any atom is -0.351 e. The van der Waals surface area contributed by atoms with Crippen LogP contribution in [-0.4, -0.2) is 66.6 Å². The molecule has 0 atom stereocenters. The molecule has 2 fully saturated rings. The summed E-state index contributed by atoms with van der Waals surface area (Å²) < 4.78 is 3.18. The number of nitrogens with zero attached hydrogens (tertiary/aromatic N) is 8. The van der Waals surface area contributed by atoms with Crippen LogP contribution >= 0.6 is 0 Å². The average Bonchev–Trinajstić information content (AvgIpc) is 3.45. The Balaban J connectivity index is 1.29.